The lowest BCUT2D eigenvalue weighted by atomic mass is 10.1. The van der Waals surface area contributed by atoms with Gasteiger partial charge in [0.2, 0.25) is 5.60 Å². The largest absolute Gasteiger partial charge is 0.479 e. The van der Waals surface area contributed by atoms with E-state index in [9.17, 15) is 9.59 Å². The molecule has 1 aromatic rings. The van der Waals surface area contributed by atoms with Gasteiger partial charge in [0.05, 0.1) is 0 Å². The highest BCUT2D eigenvalue weighted by Crippen LogP contribution is 2.18. The molecule has 0 heterocycles. The summed E-state index contributed by atoms with van der Waals surface area (Å²) in [6.45, 7) is 1.18. The van der Waals surface area contributed by atoms with Gasteiger partial charge in [-0.25, -0.2) is 4.79 Å². The molecule has 92 valence electrons. The van der Waals surface area contributed by atoms with Crippen LogP contribution in [-0.4, -0.2) is 29.7 Å². The number of hydrogen-bond acceptors (Lipinski definition) is 3. The molecule has 0 aliphatic rings. The van der Waals surface area contributed by atoms with Crippen LogP contribution in [0.4, 0.5) is 5.69 Å². The van der Waals surface area contributed by atoms with E-state index in [-0.39, 0.29) is 0 Å². The molecule has 0 aromatic heterocycles. The van der Waals surface area contributed by atoms with Crippen molar-refractivity contribution in [2.24, 2.45) is 0 Å². The molecule has 6 heteroatoms. The molecule has 0 aliphatic heterocycles. The van der Waals surface area contributed by atoms with Gasteiger partial charge < -0.3 is 15.2 Å². The lowest BCUT2D eigenvalue weighted by Gasteiger charge is -2.21. The molecular weight excluding hydrogens is 246 g/mol. The molecule has 1 unspecified atom stereocenters. The number of hydrogen-bond donors (Lipinski definition) is 2. The van der Waals surface area contributed by atoms with Crippen LogP contribution in [0.5, 0.6) is 0 Å². The summed E-state index contributed by atoms with van der Waals surface area (Å²) in [5.74, 6) is -2.13. The maximum Gasteiger partial charge on any atom is 0.345 e. The van der Waals surface area contributed by atoms with E-state index in [4.69, 9.17) is 21.4 Å². The Balaban J connectivity index is 2.89. The Bertz CT molecular complexity index is 449. The zero-order valence-corrected chi connectivity index (χ0v) is 10.1. The van der Waals surface area contributed by atoms with Crippen molar-refractivity contribution in [3.63, 3.8) is 0 Å². The summed E-state index contributed by atoms with van der Waals surface area (Å²) in [7, 11) is 1.16. The summed E-state index contributed by atoms with van der Waals surface area (Å²) in [6.07, 6.45) is 0. The van der Waals surface area contributed by atoms with Crippen molar-refractivity contribution >= 4 is 29.2 Å². The average Bonchev–Trinajstić information content (AvgIpc) is 2.27. The van der Waals surface area contributed by atoms with E-state index >= 15 is 0 Å². The molecule has 0 bridgehead atoms. The minimum absolute atomic E-state index is 0.409. The SMILES string of the molecule is COC(C)(C(=O)O)C(=O)Nc1cccc(Cl)c1. The molecule has 17 heavy (non-hydrogen) atoms. The first-order valence-corrected chi connectivity index (χ1v) is 5.13. The first kappa shape index (κ1) is 13.5. The van der Waals surface area contributed by atoms with Gasteiger partial charge in [-0.05, 0) is 25.1 Å². The third-order valence-electron chi connectivity index (χ3n) is 2.33. The van der Waals surface area contributed by atoms with Crippen molar-refractivity contribution in [1.82, 2.24) is 0 Å². The lowest BCUT2D eigenvalue weighted by Crippen LogP contribution is -2.48. The minimum Gasteiger partial charge on any atom is -0.479 e. The smallest absolute Gasteiger partial charge is 0.345 e. The number of nitrogens with one attached hydrogen (secondary N) is 1. The Hall–Kier alpha value is -1.59. The maximum atomic E-state index is 11.8. The van der Waals surface area contributed by atoms with Gasteiger partial charge in [0, 0.05) is 17.8 Å². The molecule has 0 fully saturated rings. The topological polar surface area (TPSA) is 75.6 Å². The second-order valence-corrected chi connectivity index (χ2v) is 3.94. The zero-order chi connectivity index (χ0) is 13.1. The third-order valence-corrected chi connectivity index (χ3v) is 2.57. The number of carbonyl (C=O) groups is 2. The van der Waals surface area contributed by atoms with Gasteiger partial charge in [0.25, 0.3) is 5.91 Å². The number of aliphatic carboxylic acids is 1. The molecule has 0 aliphatic carbocycles. The van der Waals surface area contributed by atoms with Gasteiger partial charge in [-0.1, -0.05) is 17.7 Å². The van der Waals surface area contributed by atoms with Crippen LogP contribution >= 0.6 is 11.6 Å². The van der Waals surface area contributed by atoms with Crippen LogP contribution in [0.25, 0.3) is 0 Å². The molecule has 5 nitrogen and oxygen atoms in total. The Kier molecular flexibility index (Phi) is 4.09. The van der Waals surface area contributed by atoms with Crippen LogP contribution in [0.3, 0.4) is 0 Å². The van der Waals surface area contributed by atoms with Crippen LogP contribution in [0.2, 0.25) is 5.02 Å². The van der Waals surface area contributed by atoms with Gasteiger partial charge in [-0.15, -0.1) is 0 Å². The lowest BCUT2D eigenvalue weighted by molar-refractivity contribution is -0.165. The predicted molar refractivity (Wildman–Crippen MR) is 63.1 cm³/mol. The number of ether oxygens (including phenoxy) is 1. The highest BCUT2D eigenvalue weighted by molar-refractivity contribution is 6.31. The van der Waals surface area contributed by atoms with E-state index in [1.165, 1.54) is 13.0 Å². The van der Waals surface area contributed by atoms with E-state index in [1.807, 2.05) is 0 Å². The molecule has 1 amide bonds. The number of halogens is 1. The van der Waals surface area contributed by atoms with Gasteiger partial charge in [-0.3, -0.25) is 4.79 Å². The predicted octanol–water partition coefficient (Wildman–Crippen LogP) is 1.77. The van der Waals surface area contributed by atoms with Crippen LogP contribution in [0.1, 0.15) is 6.92 Å². The number of amides is 1. The number of carbonyl (C=O) groups excluding carboxylic acids is 1. The van der Waals surface area contributed by atoms with Gasteiger partial charge in [0.1, 0.15) is 0 Å². The van der Waals surface area contributed by atoms with E-state index < -0.39 is 17.5 Å². The van der Waals surface area contributed by atoms with Crippen LogP contribution in [0.15, 0.2) is 24.3 Å². The number of rotatable bonds is 4. The fourth-order valence-electron chi connectivity index (χ4n) is 1.09. The van der Waals surface area contributed by atoms with E-state index in [0.717, 1.165) is 7.11 Å². The molecule has 0 saturated carbocycles. The Morgan fingerprint density at radius 1 is 1.47 bits per heavy atom. The molecule has 0 radical (unpaired) electrons. The summed E-state index contributed by atoms with van der Waals surface area (Å²) >= 11 is 5.74. The Morgan fingerprint density at radius 3 is 2.59 bits per heavy atom. The number of carboxylic acid groups (broad SMARTS) is 1. The van der Waals surface area contributed by atoms with Crippen LogP contribution < -0.4 is 5.32 Å². The first-order valence-electron chi connectivity index (χ1n) is 4.75. The molecule has 0 saturated heterocycles. The second kappa shape index (κ2) is 5.16. The molecule has 2 N–H and O–H groups in total. The number of methoxy groups -OCH3 is 1. The highest BCUT2D eigenvalue weighted by atomic mass is 35.5. The summed E-state index contributed by atoms with van der Waals surface area (Å²) < 4.78 is 4.72. The van der Waals surface area contributed by atoms with Gasteiger partial charge in [-0.2, -0.15) is 0 Å². The fourth-order valence-corrected chi connectivity index (χ4v) is 1.28. The minimum atomic E-state index is -1.93. The molecule has 0 spiro atoms. The van der Waals surface area contributed by atoms with Crippen LogP contribution in [-0.2, 0) is 14.3 Å². The quantitative estimate of drug-likeness (QED) is 0.806. The standard InChI is InChI=1S/C11H12ClNO4/c1-11(17-2,10(15)16)9(14)13-8-5-3-4-7(12)6-8/h3-6H,1-2H3,(H,13,14)(H,15,16). The molecule has 1 rings (SSSR count). The summed E-state index contributed by atoms with van der Waals surface area (Å²) in [5, 5.41) is 11.8. The van der Waals surface area contributed by atoms with Crippen molar-refractivity contribution in [3.05, 3.63) is 29.3 Å². The van der Waals surface area contributed by atoms with Crippen molar-refractivity contribution in [2.45, 2.75) is 12.5 Å². The zero-order valence-electron chi connectivity index (χ0n) is 9.36. The van der Waals surface area contributed by atoms with Crippen molar-refractivity contribution in [3.8, 4) is 0 Å². The highest BCUT2D eigenvalue weighted by Gasteiger charge is 2.41. The monoisotopic (exact) mass is 257 g/mol. The number of carboxylic acids is 1. The number of benzene rings is 1. The first-order chi connectivity index (χ1) is 7.90. The fraction of sp³-hybridized carbons (Fsp3) is 0.273. The second-order valence-electron chi connectivity index (χ2n) is 3.51. The third kappa shape index (κ3) is 2.95. The maximum absolute atomic E-state index is 11.8. The Labute approximate surface area is 103 Å². The van der Waals surface area contributed by atoms with Crippen molar-refractivity contribution in [1.29, 1.82) is 0 Å². The molecule has 1 atom stereocenters. The van der Waals surface area contributed by atoms with Gasteiger partial charge >= 0.3 is 5.97 Å². The van der Waals surface area contributed by atoms with Gasteiger partial charge in [0.15, 0.2) is 0 Å². The summed E-state index contributed by atoms with van der Waals surface area (Å²) in [4.78, 5) is 22.7. The van der Waals surface area contributed by atoms with E-state index in [2.05, 4.69) is 5.32 Å². The summed E-state index contributed by atoms with van der Waals surface area (Å²) in [5.41, 5.74) is -1.52. The Morgan fingerprint density at radius 2 is 2.12 bits per heavy atom. The van der Waals surface area contributed by atoms with E-state index in [0.29, 0.717) is 10.7 Å². The number of anilines is 1. The van der Waals surface area contributed by atoms with E-state index in [1.54, 1.807) is 18.2 Å². The average molecular weight is 258 g/mol. The molecule has 1 aromatic carbocycles. The van der Waals surface area contributed by atoms with Crippen molar-refractivity contribution in [2.75, 3.05) is 12.4 Å². The van der Waals surface area contributed by atoms with Crippen LogP contribution in [0, 0.1) is 0 Å². The summed E-state index contributed by atoms with van der Waals surface area (Å²) in [6, 6.07) is 6.39. The normalized spacial score (nSPS) is 13.8. The van der Waals surface area contributed by atoms with Crippen molar-refractivity contribution < 1.29 is 19.4 Å². The molecular formula is C11H12ClNO4.